The van der Waals surface area contributed by atoms with E-state index in [4.69, 9.17) is 4.74 Å². The third-order valence-electron chi connectivity index (χ3n) is 2.63. The molecule has 0 amide bonds. The zero-order valence-corrected chi connectivity index (χ0v) is 13.3. The molecule has 0 bridgehead atoms. The number of hydrogen-bond donors (Lipinski definition) is 1. The van der Waals surface area contributed by atoms with Crippen molar-refractivity contribution in [1.82, 2.24) is 4.98 Å². The van der Waals surface area contributed by atoms with Gasteiger partial charge in [-0.3, -0.25) is 4.72 Å². The van der Waals surface area contributed by atoms with E-state index < -0.39 is 10.0 Å². The largest absolute Gasteiger partial charge is 0.496 e. The minimum atomic E-state index is -3.67. The van der Waals surface area contributed by atoms with Crippen LogP contribution in [0.1, 0.15) is 5.56 Å². The molecule has 0 aliphatic rings. The van der Waals surface area contributed by atoms with E-state index in [-0.39, 0.29) is 10.7 Å². The smallest absolute Gasteiger partial charge is 0.263 e. The van der Waals surface area contributed by atoms with E-state index in [1.54, 1.807) is 44.4 Å². The Hall–Kier alpha value is -1.60. The molecule has 5 nitrogen and oxygen atoms in total. The summed E-state index contributed by atoms with van der Waals surface area (Å²) in [5.41, 5.74) is 0.748. The topological polar surface area (TPSA) is 68.3 Å². The van der Waals surface area contributed by atoms with Crippen LogP contribution >= 0.6 is 15.9 Å². The number of benzene rings is 1. The van der Waals surface area contributed by atoms with E-state index >= 15 is 0 Å². The molecule has 20 heavy (non-hydrogen) atoms. The number of pyridine rings is 1. The first-order chi connectivity index (χ1) is 9.42. The van der Waals surface area contributed by atoms with Crippen LogP contribution in [0.4, 0.5) is 5.82 Å². The van der Waals surface area contributed by atoms with Gasteiger partial charge in [0, 0.05) is 0 Å². The molecular formula is C13H13BrN2O3S. The van der Waals surface area contributed by atoms with Crippen LogP contribution < -0.4 is 9.46 Å². The van der Waals surface area contributed by atoms with Crippen molar-refractivity contribution in [3.8, 4) is 5.75 Å². The summed E-state index contributed by atoms with van der Waals surface area (Å²) in [6.07, 6.45) is 0. The molecule has 7 heteroatoms. The van der Waals surface area contributed by atoms with Crippen molar-refractivity contribution in [3.63, 3.8) is 0 Å². The van der Waals surface area contributed by atoms with Crippen LogP contribution in [0.25, 0.3) is 0 Å². The fourth-order valence-electron chi connectivity index (χ4n) is 1.68. The zero-order valence-electron chi connectivity index (χ0n) is 10.9. The summed E-state index contributed by atoms with van der Waals surface area (Å²) in [4.78, 5) is 4.21. The maximum Gasteiger partial charge on any atom is 0.263 e. The summed E-state index contributed by atoms with van der Waals surface area (Å²) in [6.45, 7) is 1.79. The second-order valence-electron chi connectivity index (χ2n) is 4.08. The number of hydrogen-bond acceptors (Lipinski definition) is 4. The number of rotatable bonds is 4. The van der Waals surface area contributed by atoms with E-state index in [0.717, 1.165) is 5.56 Å². The van der Waals surface area contributed by atoms with Crippen LogP contribution in [-0.4, -0.2) is 20.5 Å². The average Bonchev–Trinajstić information content (AvgIpc) is 2.38. The highest BCUT2D eigenvalue weighted by Gasteiger charge is 2.16. The first-order valence-electron chi connectivity index (χ1n) is 5.72. The van der Waals surface area contributed by atoms with Gasteiger partial charge in [-0.2, -0.15) is 0 Å². The van der Waals surface area contributed by atoms with Crippen molar-refractivity contribution < 1.29 is 13.2 Å². The van der Waals surface area contributed by atoms with Gasteiger partial charge in [0.15, 0.2) is 0 Å². The van der Waals surface area contributed by atoms with E-state index in [9.17, 15) is 8.42 Å². The molecule has 0 radical (unpaired) electrons. The van der Waals surface area contributed by atoms with Crippen molar-refractivity contribution in [2.75, 3.05) is 11.8 Å². The Morgan fingerprint density at radius 2 is 2.00 bits per heavy atom. The first kappa shape index (κ1) is 14.8. The highest BCUT2D eigenvalue weighted by Crippen LogP contribution is 2.23. The second-order valence-corrected chi connectivity index (χ2v) is 6.58. The fourth-order valence-corrected chi connectivity index (χ4v) is 3.11. The summed E-state index contributed by atoms with van der Waals surface area (Å²) < 4.78 is 32.6. The Morgan fingerprint density at radius 3 is 2.60 bits per heavy atom. The maximum atomic E-state index is 12.3. The lowest BCUT2D eigenvalue weighted by molar-refractivity contribution is 0.411. The fraction of sp³-hybridized carbons (Fsp3) is 0.154. The molecule has 0 aliphatic carbocycles. The number of ether oxygens (including phenoxy) is 1. The molecular weight excluding hydrogens is 344 g/mol. The minimum absolute atomic E-state index is 0.164. The third kappa shape index (κ3) is 3.29. The summed E-state index contributed by atoms with van der Waals surface area (Å²) in [7, 11) is -2.12. The molecule has 2 rings (SSSR count). The van der Waals surface area contributed by atoms with Gasteiger partial charge in [0.2, 0.25) is 0 Å². The van der Waals surface area contributed by atoms with Crippen LogP contribution in [0.2, 0.25) is 0 Å². The molecule has 0 saturated heterocycles. The number of halogens is 1. The first-order valence-corrected chi connectivity index (χ1v) is 8.00. The Bertz CT molecular complexity index is 732. The number of methoxy groups -OCH3 is 1. The van der Waals surface area contributed by atoms with Gasteiger partial charge >= 0.3 is 0 Å². The normalized spacial score (nSPS) is 11.2. The highest BCUT2D eigenvalue weighted by atomic mass is 79.9. The molecule has 0 atom stereocenters. The van der Waals surface area contributed by atoms with E-state index in [2.05, 4.69) is 25.6 Å². The lowest BCUT2D eigenvalue weighted by atomic mass is 10.2. The van der Waals surface area contributed by atoms with Crippen LogP contribution in [-0.2, 0) is 10.0 Å². The molecule has 0 saturated carbocycles. The predicted molar refractivity (Wildman–Crippen MR) is 80.5 cm³/mol. The van der Waals surface area contributed by atoms with Gasteiger partial charge in [-0.25, -0.2) is 13.4 Å². The van der Waals surface area contributed by atoms with Gasteiger partial charge in [-0.15, -0.1) is 0 Å². The van der Waals surface area contributed by atoms with Gasteiger partial charge in [0.25, 0.3) is 10.0 Å². The van der Waals surface area contributed by atoms with E-state index in [1.807, 2.05) is 0 Å². The number of sulfonamides is 1. The molecule has 2 aromatic rings. The number of nitrogens with one attached hydrogen (secondary N) is 1. The van der Waals surface area contributed by atoms with Crippen molar-refractivity contribution >= 4 is 31.8 Å². The number of anilines is 1. The van der Waals surface area contributed by atoms with Crippen molar-refractivity contribution in [2.45, 2.75) is 11.8 Å². The number of aryl methyl sites for hydroxylation is 1. The second kappa shape index (κ2) is 5.80. The standard InChI is InChI=1S/C13H13BrN2O3S/c1-9-8-10(6-7-11(9)19-2)20(17,18)16-13-5-3-4-12(14)15-13/h3-8H,1-2H3,(H,15,16). The number of aromatic nitrogens is 1. The highest BCUT2D eigenvalue weighted by molar-refractivity contribution is 9.10. The molecule has 0 spiro atoms. The van der Waals surface area contributed by atoms with Crippen molar-refractivity contribution in [3.05, 3.63) is 46.6 Å². The van der Waals surface area contributed by atoms with Gasteiger partial charge in [0.1, 0.15) is 16.2 Å². The Balaban J connectivity index is 2.33. The molecule has 1 N–H and O–H groups in total. The van der Waals surface area contributed by atoms with Crippen molar-refractivity contribution in [1.29, 1.82) is 0 Å². The number of nitrogens with zero attached hydrogens (tertiary/aromatic N) is 1. The lowest BCUT2D eigenvalue weighted by Crippen LogP contribution is -2.14. The average molecular weight is 357 g/mol. The van der Waals surface area contributed by atoms with Crippen molar-refractivity contribution in [2.24, 2.45) is 0 Å². The molecule has 0 aliphatic heterocycles. The Labute approximate surface area is 126 Å². The SMILES string of the molecule is COc1ccc(S(=O)(=O)Nc2cccc(Br)n2)cc1C. The van der Waals surface area contributed by atoms with Gasteiger partial charge in [0.05, 0.1) is 12.0 Å². The van der Waals surface area contributed by atoms with Gasteiger partial charge in [-0.1, -0.05) is 6.07 Å². The van der Waals surface area contributed by atoms with Gasteiger partial charge < -0.3 is 4.74 Å². The summed E-state index contributed by atoms with van der Waals surface area (Å²) in [6, 6.07) is 9.67. The Morgan fingerprint density at radius 1 is 1.25 bits per heavy atom. The molecule has 0 unspecified atom stereocenters. The molecule has 106 valence electrons. The lowest BCUT2D eigenvalue weighted by Gasteiger charge is -2.10. The monoisotopic (exact) mass is 356 g/mol. The molecule has 1 aromatic heterocycles. The molecule has 1 heterocycles. The third-order valence-corrected chi connectivity index (χ3v) is 4.42. The van der Waals surface area contributed by atoms with E-state index in [0.29, 0.717) is 10.4 Å². The van der Waals surface area contributed by atoms with Crippen LogP contribution in [0.15, 0.2) is 45.9 Å². The minimum Gasteiger partial charge on any atom is -0.496 e. The summed E-state index contributed by atoms with van der Waals surface area (Å²) >= 11 is 3.19. The van der Waals surface area contributed by atoms with Crippen LogP contribution in [0, 0.1) is 6.92 Å². The zero-order chi connectivity index (χ0) is 14.8. The van der Waals surface area contributed by atoms with Crippen LogP contribution in [0.3, 0.4) is 0 Å². The van der Waals surface area contributed by atoms with Gasteiger partial charge in [-0.05, 0) is 58.7 Å². The predicted octanol–water partition coefficient (Wildman–Crippen LogP) is 2.96. The summed E-state index contributed by atoms with van der Waals surface area (Å²) in [5.74, 6) is 0.900. The van der Waals surface area contributed by atoms with Crippen LogP contribution in [0.5, 0.6) is 5.75 Å². The Kier molecular flexibility index (Phi) is 4.29. The van der Waals surface area contributed by atoms with E-state index in [1.165, 1.54) is 6.07 Å². The summed E-state index contributed by atoms with van der Waals surface area (Å²) in [5, 5.41) is 0. The maximum absolute atomic E-state index is 12.3. The molecule has 0 fully saturated rings. The quantitative estimate of drug-likeness (QED) is 0.855. The molecule has 1 aromatic carbocycles.